The lowest BCUT2D eigenvalue weighted by molar-refractivity contribution is -0.384. The second-order valence-corrected chi connectivity index (χ2v) is 4.19. The Kier molecular flexibility index (Phi) is 3.81. The molecule has 0 bridgehead atoms. The van der Waals surface area contributed by atoms with Crippen LogP contribution in [0.1, 0.15) is 17.3 Å². The van der Waals surface area contributed by atoms with E-state index in [1.54, 1.807) is 0 Å². The van der Waals surface area contributed by atoms with Gasteiger partial charge in [-0.15, -0.1) is 0 Å². The maximum Gasteiger partial charge on any atom is 0.463 e. The summed E-state index contributed by atoms with van der Waals surface area (Å²) < 4.78 is 66.3. The number of hydrogen-bond acceptors (Lipinski definition) is 5. The van der Waals surface area contributed by atoms with Crippen LogP contribution in [-0.2, 0) is 12.3 Å². The van der Waals surface area contributed by atoms with Gasteiger partial charge < -0.3 is 4.52 Å². The summed E-state index contributed by atoms with van der Waals surface area (Å²) in [7, 11) is 0. The molecule has 22 heavy (non-hydrogen) atoms. The van der Waals surface area contributed by atoms with Crippen LogP contribution < -0.4 is 0 Å². The van der Waals surface area contributed by atoms with E-state index in [1.165, 1.54) is 12.1 Å². The Morgan fingerprint density at radius 2 is 1.73 bits per heavy atom. The molecule has 6 nitrogen and oxygen atoms in total. The molecule has 0 fully saturated rings. The minimum absolute atomic E-state index is 0.193. The van der Waals surface area contributed by atoms with E-state index in [1.807, 2.05) is 0 Å². The van der Waals surface area contributed by atoms with Crippen LogP contribution in [0.5, 0.6) is 0 Å². The lowest BCUT2D eigenvalue weighted by Crippen LogP contribution is -2.34. The minimum atomic E-state index is -5.84. The molecule has 0 N–H and O–H groups in total. The fourth-order valence-electron chi connectivity index (χ4n) is 1.49. The van der Waals surface area contributed by atoms with Crippen molar-refractivity contribution < 1.29 is 31.4 Å². The van der Waals surface area contributed by atoms with Crippen molar-refractivity contribution in [3.8, 4) is 0 Å². The molecule has 0 aliphatic carbocycles. The highest BCUT2D eigenvalue weighted by Crippen LogP contribution is 2.42. The molecule has 1 aromatic carbocycles. The molecule has 11 heteroatoms. The number of benzene rings is 1. The van der Waals surface area contributed by atoms with Gasteiger partial charge in [0.25, 0.3) is 5.69 Å². The molecular formula is C11H6F5N3O3. The Morgan fingerprint density at radius 1 is 1.14 bits per heavy atom. The van der Waals surface area contributed by atoms with E-state index in [4.69, 9.17) is 0 Å². The first-order chi connectivity index (χ1) is 10.1. The molecule has 2 rings (SSSR count). The van der Waals surface area contributed by atoms with Crippen molar-refractivity contribution in [1.82, 2.24) is 10.1 Å². The first-order valence-corrected chi connectivity index (χ1v) is 5.62. The van der Waals surface area contributed by atoms with Gasteiger partial charge in [0.2, 0.25) is 0 Å². The summed E-state index contributed by atoms with van der Waals surface area (Å²) in [4.78, 5) is 12.8. The summed E-state index contributed by atoms with van der Waals surface area (Å²) in [5, 5.41) is 13.5. The number of non-ortho nitro benzene ring substituents is 1. The largest absolute Gasteiger partial charge is 0.463 e. The van der Waals surface area contributed by atoms with Gasteiger partial charge in [0.15, 0.2) is 5.82 Å². The number of nitro groups is 1. The third-order valence-corrected chi connectivity index (χ3v) is 2.60. The highest BCUT2D eigenvalue weighted by molar-refractivity contribution is 5.33. The number of hydrogen-bond donors (Lipinski definition) is 0. The van der Waals surface area contributed by atoms with Crippen molar-refractivity contribution in [2.24, 2.45) is 0 Å². The standard InChI is InChI=1S/C11H6F5N3O3/c12-10(13,11(14,15)16)9-17-8(18-22-9)5-6-1-3-7(4-2-6)19(20)21/h1-4H,5H2. The third kappa shape index (κ3) is 3.02. The van der Waals surface area contributed by atoms with Crippen molar-refractivity contribution in [1.29, 1.82) is 0 Å². The predicted octanol–water partition coefficient (Wildman–Crippen LogP) is 3.22. The Bertz CT molecular complexity index is 681. The molecule has 118 valence electrons. The van der Waals surface area contributed by atoms with Crippen molar-refractivity contribution in [2.45, 2.75) is 18.5 Å². The summed E-state index contributed by atoms with van der Waals surface area (Å²) in [6.07, 6.45) is -6.06. The molecule has 0 aliphatic heterocycles. The van der Waals surface area contributed by atoms with Gasteiger partial charge in [0.05, 0.1) is 4.92 Å². The molecule has 0 amide bonds. The van der Waals surface area contributed by atoms with E-state index < -0.39 is 28.7 Å². The summed E-state index contributed by atoms with van der Waals surface area (Å²) >= 11 is 0. The number of aromatic nitrogens is 2. The van der Waals surface area contributed by atoms with Gasteiger partial charge in [-0.1, -0.05) is 17.3 Å². The van der Waals surface area contributed by atoms with E-state index in [-0.39, 0.29) is 12.1 Å². The quantitative estimate of drug-likeness (QED) is 0.490. The van der Waals surface area contributed by atoms with Gasteiger partial charge >= 0.3 is 18.0 Å². The summed E-state index contributed by atoms with van der Waals surface area (Å²) in [5.41, 5.74) is 0.189. The van der Waals surface area contributed by atoms with Crippen LogP contribution in [0, 0.1) is 10.1 Å². The van der Waals surface area contributed by atoms with Crippen molar-refractivity contribution in [2.75, 3.05) is 0 Å². The normalized spacial score (nSPS) is 12.4. The SMILES string of the molecule is O=[N+]([O-])c1ccc(Cc2noc(C(F)(F)C(F)(F)F)n2)cc1. The highest BCUT2D eigenvalue weighted by Gasteiger charge is 2.63. The van der Waals surface area contributed by atoms with Gasteiger partial charge in [-0.25, -0.2) is 0 Å². The maximum atomic E-state index is 13.0. The van der Waals surface area contributed by atoms with Crippen molar-refractivity contribution in [3.05, 3.63) is 51.7 Å². The molecule has 0 unspecified atom stereocenters. The second-order valence-electron chi connectivity index (χ2n) is 4.19. The minimum Gasteiger partial charge on any atom is -0.332 e. The van der Waals surface area contributed by atoms with E-state index >= 15 is 0 Å². The molecule has 0 spiro atoms. The van der Waals surface area contributed by atoms with Crippen LogP contribution in [0.15, 0.2) is 28.8 Å². The van der Waals surface area contributed by atoms with E-state index in [9.17, 15) is 32.1 Å². The molecule has 0 aliphatic rings. The van der Waals surface area contributed by atoms with E-state index in [0.29, 0.717) is 5.56 Å². The molecule has 2 aromatic rings. The zero-order chi connectivity index (χ0) is 16.5. The number of nitrogens with zero attached hydrogens (tertiary/aromatic N) is 3. The number of alkyl halides is 5. The topological polar surface area (TPSA) is 82.1 Å². The molecule has 0 atom stereocenters. The van der Waals surface area contributed by atoms with Gasteiger partial charge in [-0.05, 0) is 5.56 Å². The maximum absolute atomic E-state index is 13.0. The second kappa shape index (κ2) is 5.31. The van der Waals surface area contributed by atoms with Crippen LogP contribution in [0.3, 0.4) is 0 Å². The van der Waals surface area contributed by atoms with E-state index in [2.05, 4.69) is 14.7 Å². The summed E-state index contributed by atoms with van der Waals surface area (Å²) in [5.74, 6) is -7.49. The number of nitro benzene ring substituents is 1. The van der Waals surface area contributed by atoms with Crippen LogP contribution in [-0.4, -0.2) is 21.2 Å². The molecule has 1 aromatic heterocycles. The van der Waals surface area contributed by atoms with Crippen LogP contribution in [0.2, 0.25) is 0 Å². The molecule has 0 saturated heterocycles. The average Bonchev–Trinajstić information content (AvgIpc) is 2.87. The summed E-state index contributed by atoms with van der Waals surface area (Å²) in [6.45, 7) is 0. The van der Waals surface area contributed by atoms with Gasteiger partial charge in [-0.3, -0.25) is 10.1 Å². The molecule has 0 saturated carbocycles. The lowest BCUT2D eigenvalue weighted by atomic mass is 10.1. The Labute approximate surface area is 118 Å². The van der Waals surface area contributed by atoms with E-state index in [0.717, 1.165) is 12.1 Å². The van der Waals surface area contributed by atoms with Gasteiger partial charge in [0.1, 0.15) is 0 Å². The van der Waals surface area contributed by atoms with Crippen LogP contribution in [0.25, 0.3) is 0 Å². The molecule has 0 radical (unpaired) electrons. The zero-order valence-electron chi connectivity index (χ0n) is 10.5. The Balaban J connectivity index is 2.17. The van der Waals surface area contributed by atoms with Crippen LogP contribution in [0.4, 0.5) is 27.6 Å². The number of rotatable bonds is 4. The first kappa shape index (κ1) is 15.8. The average molecular weight is 323 g/mol. The van der Waals surface area contributed by atoms with Gasteiger partial charge in [-0.2, -0.15) is 26.9 Å². The molecule has 1 heterocycles. The summed E-state index contributed by atoms with van der Waals surface area (Å²) in [6, 6.07) is 4.91. The smallest absolute Gasteiger partial charge is 0.332 e. The molecular weight excluding hydrogens is 317 g/mol. The first-order valence-electron chi connectivity index (χ1n) is 5.62. The highest BCUT2D eigenvalue weighted by atomic mass is 19.4. The Hall–Kier alpha value is -2.59. The zero-order valence-corrected chi connectivity index (χ0v) is 10.5. The third-order valence-electron chi connectivity index (χ3n) is 2.60. The number of halogens is 5. The van der Waals surface area contributed by atoms with Crippen LogP contribution >= 0.6 is 0 Å². The van der Waals surface area contributed by atoms with Crippen molar-refractivity contribution in [3.63, 3.8) is 0 Å². The fraction of sp³-hybridized carbons (Fsp3) is 0.273. The predicted molar refractivity (Wildman–Crippen MR) is 60.1 cm³/mol. The fourth-order valence-corrected chi connectivity index (χ4v) is 1.49. The Morgan fingerprint density at radius 3 is 2.23 bits per heavy atom. The monoisotopic (exact) mass is 323 g/mol. The lowest BCUT2D eigenvalue weighted by Gasteiger charge is -2.14. The van der Waals surface area contributed by atoms with Gasteiger partial charge in [0, 0.05) is 18.6 Å². The van der Waals surface area contributed by atoms with Crippen molar-refractivity contribution >= 4 is 5.69 Å².